The Balaban J connectivity index is 3.09. The zero-order valence-electron chi connectivity index (χ0n) is 7.51. The second-order valence-electron chi connectivity index (χ2n) is 2.57. The number of hydrogen-bond donors (Lipinski definition) is 1. The molecule has 0 aromatic heterocycles. The number of rotatable bonds is 2. The number of carbonyl (C=O) groups is 1. The minimum absolute atomic E-state index is 0.321. The van der Waals surface area contributed by atoms with E-state index < -0.39 is 5.97 Å². The van der Waals surface area contributed by atoms with E-state index in [9.17, 15) is 4.79 Å². The molecule has 1 aromatic rings. The fourth-order valence-corrected chi connectivity index (χ4v) is 1.64. The lowest BCUT2D eigenvalue weighted by atomic mass is 10.2. The Morgan fingerprint density at radius 3 is 2.86 bits per heavy atom. The van der Waals surface area contributed by atoms with Crippen molar-refractivity contribution in [3.63, 3.8) is 0 Å². The topological polar surface area (TPSA) is 52.3 Å². The number of nitrogens with two attached hydrogens (primary N) is 1. The van der Waals surface area contributed by atoms with Gasteiger partial charge in [0.2, 0.25) is 0 Å². The largest absolute Gasteiger partial charge is 0.462 e. The maximum Gasteiger partial charge on any atom is 0.339 e. The van der Waals surface area contributed by atoms with Crippen molar-refractivity contribution in [1.29, 1.82) is 0 Å². The monoisotopic (exact) mass is 325 g/mol. The molecule has 0 saturated heterocycles. The Labute approximate surface area is 101 Å². The normalized spacial score (nSPS) is 9.93. The molecule has 3 nitrogen and oxygen atoms in total. The zero-order valence-corrected chi connectivity index (χ0v) is 10.4. The van der Waals surface area contributed by atoms with Crippen LogP contribution in [0, 0.1) is 3.57 Å². The minimum atomic E-state index is -0.421. The minimum Gasteiger partial charge on any atom is -0.462 e. The number of ether oxygens (including phenoxy) is 1. The molecule has 1 rings (SSSR count). The molecule has 0 radical (unpaired) electrons. The van der Waals surface area contributed by atoms with Crippen LogP contribution in [-0.4, -0.2) is 12.6 Å². The standard InChI is InChI=1S/C9H9ClINO2/c1-2-14-9(13)5-3-7(11)8(12)4-6(5)10/h3-4H,2,12H2,1H3. The van der Waals surface area contributed by atoms with Gasteiger partial charge in [-0.25, -0.2) is 4.79 Å². The second kappa shape index (κ2) is 4.84. The first-order chi connectivity index (χ1) is 6.56. The Morgan fingerprint density at radius 2 is 2.29 bits per heavy atom. The third kappa shape index (κ3) is 2.51. The highest BCUT2D eigenvalue weighted by atomic mass is 127. The first-order valence-electron chi connectivity index (χ1n) is 3.98. The molecule has 1 aromatic carbocycles. The van der Waals surface area contributed by atoms with Gasteiger partial charge in [0.15, 0.2) is 0 Å². The third-order valence-electron chi connectivity index (χ3n) is 1.58. The van der Waals surface area contributed by atoms with E-state index in [1.165, 1.54) is 0 Å². The van der Waals surface area contributed by atoms with Crippen molar-refractivity contribution >= 4 is 45.8 Å². The highest BCUT2D eigenvalue weighted by Gasteiger charge is 2.13. The molecule has 5 heteroatoms. The molecule has 0 fully saturated rings. The van der Waals surface area contributed by atoms with Crippen LogP contribution in [0.5, 0.6) is 0 Å². The van der Waals surface area contributed by atoms with Crippen LogP contribution in [0.2, 0.25) is 5.02 Å². The van der Waals surface area contributed by atoms with Crippen molar-refractivity contribution in [1.82, 2.24) is 0 Å². The lowest BCUT2D eigenvalue weighted by Gasteiger charge is -2.06. The van der Waals surface area contributed by atoms with Gasteiger partial charge in [0.25, 0.3) is 0 Å². The molecule has 0 heterocycles. The zero-order chi connectivity index (χ0) is 10.7. The van der Waals surface area contributed by atoms with Crippen LogP contribution in [0.25, 0.3) is 0 Å². The number of carbonyl (C=O) groups excluding carboxylic acids is 1. The summed E-state index contributed by atoms with van der Waals surface area (Å²) in [6.07, 6.45) is 0. The van der Waals surface area contributed by atoms with E-state index in [1.807, 2.05) is 22.6 Å². The lowest BCUT2D eigenvalue weighted by Crippen LogP contribution is -2.06. The summed E-state index contributed by atoms with van der Waals surface area (Å²) in [5.41, 5.74) is 6.53. The molecule has 14 heavy (non-hydrogen) atoms. The third-order valence-corrected chi connectivity index (χ3v) is 2.83. The molecule has 0 aliphatic rings. The van der Waals surface area contributed by atoms with Crippen LogP contribution in [0.15, 0.2) is 12.1 Å². The predicted molar refractivity (Wildman–Crippen MR) is 64.5 cm³/mol. The fourth-order valence-electron chi connectivity index (χ4n) is 0.927. The smallest absolute Gasteiger partial charge is 0.339 e. The van der Waals surface area contributed by atoms with Gasteiger partial charge in [0.1, 0.15) is 0 Å². The maximum absolute atomic E-state index is 11.4. The van der Waals surface area contributed by atoms with Crippen LogP contribution in [-0.2, 0) is 4.74 Å². The highest BCUT2D eigenvalue weighted by molar-refractivity contribution is 14.1. The average Bonchev–Trinajstić information content (AvgIpc) is 2.11. The van der Waals surface area contributed by atoms with Crippen molar-refractivity contribution in [3.8, 4) is 0 Å². The Hall–Kier alpha value is -0.490. The van der Waals surface area contributed by atoms with Gasteiger partial charge >= 0.3 is 5.97 Å². The average molecular weight is 326 g/mol. The van der Waals surface area contributed by atoms with Crippen LogP contribution in [0.3, 0.4) is 0 Å². The summed E-state index contributed by atoms with van der Waals surface area (Å²) in [4.78, 5) is 11.4. The molecule has 0 aliphatic carbocycles. The van der Waals surface area contributed by atoms with E-state index in [4.69, 9.17) is 22.1 Å². The predicted octanol–water partition coefficient (Wildman–Crippen LogP) is 2.70. The van der Waals surface area contributed by atoms with Crippen LogP contribution < -0.4 is 5.73 Å². The molecule has 0 atom stereocenters. The Bertz CT molecular complexity index is 368. The summed E-state index contributed by atoms with van der Waals surface area (Å²) in [6.45, 7) is 2.07. The summed E-state index contributed by atoms with van der Waals surface area (Å²) in [5.74, 6) is -0.421. The highest BCUT2D eigenvalue weighted by Crippen LogP contribution is 2.25. The van der Waals surface area contributed by atoms with Crippen LogP contribution in [0.1, 0.15) is 17.3 Å². The van der Waals surface area contributed by atoms with Crippen molar-refractivity contribution in [2.24, 2.45) is 0 Å². The van der Waals surface area contributed by atoms with Gasteiger partial charge in [-0.15, -0.1) is 0 Å². The molecule has 2 N–H and O–H groups in total. The van der Waals surface area contributed by atoms with E-state index in [1.54, 1.807) is 19.1 Å². The van der Waals surface area contributed by atoms with Crippen molar-refractivity contribution < 1.29 is 9.53 Å². The molecule has 0 amide bonds. The SMILES string of the molecule is CCOC(=O)c1cc(I)c(N)cc1Cl. The summed E-state index contributed by atoms with van der Waals surface area (Å²) >= 11 is 7.88. The van der Waals surface area contributed by atoms with Gasteiger partial charge in [0.05, 0.1) is 17.2 Å². The first-order valence-corrected chi connectivity index (χ1v) is 5.43. The summed E-state index contributed by atoms with van der Waals surface area (Å²) in [7, 11) is 0. The van der Waals surface area contributed by atoms with E-state index in [0.717, 1.165) is 3.57 Å². The Morgan fingerprint density at radius 1 is 1.64 bits per heavy atom. The Kier molecular flexibility index (Phi) is 4.00. The van der Waals surface area contributed by atoms with E-state index in [2.05, 4.69) is 0 Å². The number of nitrogen functional groups attached to an aromatic ring is 1. The molecule has 0 bridgehead atoms. The molecule has 0 aliphatic heterocycles. The van der Waals surface area contributed by atoms with Gasteiger partial charge < -0.3 is 10.5 Å². The van der Waals surface area contributed by atoms with Gasteiger partial charge in [-0.1, -0.05) is 11.6 Å². The number of halogens is 2. The van der Waals surface area contributed by atoms with Gasteiger partial charge in [-0.2, -0.15) is 0 Å². The molecular weight excluding hydrogens is 316 g/mol. The number of anilines is 1. The van der Waals surface area contributed by atoms with Crippen molar-refractivity contribution in [2.75, 3.05) is 12.3 Å². The maximum atomic E-state index is 11.4. The molecular formula is C9H9ClINO2. The van der Waals surface area contributed by atoms with Crippen LogP contribution in [0.4, 0.5) is 5.69 Å². The lowest BCUT2D eigenvalue weighted by molar-refractivity contribution is 0.0526. The van der Waals surface area contributed by atoms with E-state index >= 15 is 0 Å². The summed E-state index contributed by atoms with van der Waals surface area (Å²) < 4.78 is 5.62. The fraction of sp³-hybridized carbons (Fsp3) is 0.222. The quantitative estimate of drug-likeness (QED) is 0.517. The molecule has 76 valence electrons. The van der Waals surface area contributed by atoms with Crippen molar-refractivity contribution in [3.05, 3.63) is 26.3 Å². The van der Waals surface area contributed by atoms with Gasteiger partial charge in [-0.3, -0.25) is 0 Å². The number of benzene rings is 1. The van der Waals surface area contributed by atoms with Gasteiger partial charge in [-0.05, 0) is 41.6 Å². The van der Waals surface area contributed by atoms with Crippen molar-refractivity contribution in [2.45, 2.75) is 6.92 Å². The summed E-state index contributed by atoms with van der Waals surface area (Å²) in [6, 6.07) is 3.17. The summed E-state index contributed by atoms with van der Waals surface area (Å²) in [5, 5.41) is 0.321. The number of hydrogen-bond acceptors (Lipinski definition) is 3. The van der Waals surface area contributed by atoms with E-state index in [-0.39, 0.29) is 0 Å². The molecule has 0 spiro atoms. The number of esters is 1. The van der Waals surface area contributed by atoms with Gasteiger partial charge in [0, 0.05) is 9.26 Å². The first kappa shape index (κ1) is 11.6. The second-order valence-corrected chi connectivity index (χ2v) is 4.14. The molecule has 0 saturated carbocycles. The van der Waals surface area contributed by atoms with Crippen LogP contribution >= 0.6 is 34.2 Å². The molecule has 0 unspecified atom stereocenters. The van der Waals surface area contributed by atoms with E-state index in [0.29, 0.717) is 22.9 Å².